The number of alkyl halides is 1. The normalized spacial score (nSPS) is 49.2. The van der Waals surface area contributed by atoms with Crippen molar-refractivity contribution in [3.8, 4) is 0 Å². The molecule has 0 aliphatic carbocycles. The molecule has 1 heterocycles. The van der Waals surface area contributed by atoms with Crippen molar-refractivity contribution in [2.75, 3.05) is 4.43 Å². The molecule has 1 aliphatic heterocycles. The van der Waals surface area contributed by atoms with Gasteiger partial charge >= 0.3 is 0 Å². The first-order valence-electron chi connectivity index (χ1n) is 3.51. The molecule has 1 aliphatic rings. The lowest BCUT2D eigenvalue weighted by Crippen LogP contribution is -2.57. The zero-order valence-corrected chi connectivity index (χ0v) is 8.33. The molecule has 0 saturated carbocycles. The van der Waals surface area contributed by atoms with Gasteiger partial charge in [0.05, 0.1) is 6.10 Å². The third-order valence-corrected chi connectivity index (χ3v) is 2.71. The van der Waals surface area contributed by atoms with Crippen molar-refractivity contribution in [1.82, 2.24) is 0 Å². The van der Waals surface area contributed by atoms with Crippen LogP contribution in [0.1, 0.15) is 0 Å². The second kappa shape index (κ2) is 4.16. The van der Waals surface area contributed by atoms with E-state index in [2.05, 4.69) is 0 Å². The molecule has 4 N–H and O–H groups in total. The molecule has 1 fully saturated rings. The molecule has 6 heteroatoms. The van der Waals surface area contributed by atoms with Gasteiger partial charge in [-0.25, -0.2) is 0 Å². The van der Waals surface area contributed by atoms with E-state index in [0.29, 0.717) is 4.43 Å². The van der Waals surface area contributed by atoms with Gasteiger partial charge in [-0.3, -0.25) is 0 Å². The van der Waals surface area contributed by atoms with Gasteiger partial charge in [0.25, 0.3) is 0 Å². The van der Waals surface area contributed by atoms with Crippen LogP contribution in [-0.4, -0.2) is 55.6 Å². The quantitative estimate of drug-likeness (QED) is 0.339. The fourth-order valence-corrected chi connectivity index (χ4v) is 1.79. The zero-order chi connectivity index (χ0) is 9.30. The van der Waals surface area contributed by atoms with Crippen LogP contribution in [0.2, 0.25) is 0 Å². The number of halogens is 1. The highest BCUT2D eigenvalue weighted by atomic mass is 127. The number of ether oxygens (including phenoxy) is 1. The van der Waals surface area contributed by atoms with Crippen LogP contribution >= 0.6 is 22.6 Å². The summed E-state index contributed by atoms with van der Waals surface area (Å²) in [6.45, 7) is 0. The van der Waals surface area contributed by atoms with E-state index in [9.17, 15) is 10.2 Å². The number of hydrogen-bond donors (Lipinski definition) is 4. The smallest absolute Gasteiger partial charge is 0.183 e. The summed E-state index contributed by atoms with van der Waals surface area (Å²) in [5, 5.41) is 36.5. The SMILES string of the molecule is OC1O[C@@H](CI)C(O)[C@H](O)[C@@H]1O. The number of hydrogen-bond acceptors (Lipinski definition) is 5. The van der Waals surface area contributed by atoms with E-state index < -0.39 is 30.7 Å². The minimum absolute atomic E-state index is 0.444. The van der Waals surface area contributed by atoms with Crippen molar-refractivity contribution in [3.63, 3.8) is 0 Å². The van der Waals surface area contributed by atoms with E-state index in [1.54, 1.807) is 0 Å². The summed E-state index contributed by atoms with van der Waals surface area (Å²) < 4.78 is 5.26. The third-order valence-electron chi connectivity index (χ3n) is 1.84. The van der Waals surface area contributed by atoms with Crippen LogP contribution in [0.15, 0.2) is 0 Å². The maximum atomic E-state index is 9.27. The molecule has 72 valence electrons. The number of aliphatic hydroxyl groups excluding tert-OH is 4. The molecule has 5 nitrogen and oxygen atoms in total. The van der Waals surface area contributed by atoms with Crippen LogP contribution in [0.5, 0.6) is 0 Å². The summed E-state index contributed by atoms with van der Waals surface area (Å²) in [6, 6.07) is 0. The monoisotopic (exact) mass is 290 g/mol. The Labute approximate surface area is 83.1 Å². The van der Waals surface area contributed by atoms with Gasteiger partial charge in [0, 0.05) is 4.43 Å². The second-order valence-electron chi connectivity index (χ2n) is 2.69. The number of aliphatic hydroxyl groups is 4. The fourth-order valence-electron chi connectivity index (χ4n) is 1.06. The highest BCUT2D eigenvalue weighted by Crippen LogP contribution is 2.20. The minimum Gasteiger partial charge on any atom is -0.388 e. The van der Waals surface area contributed by atoms with Gasteiger partial charge in [0.1, 0.15) is 18.3 Å². The van der Waals surface area contributed by atoms with Gasteiger partial charge in [0.15, 0.2) is 6.29 Å². The Morgan fingerprint density at radius 1 is 1.00 bits per heavy atom. The molecule has 0 aromatic rings. The predicted octanol–water partition coefficient (Wildman–Crippen LogP) is -1.78. The lowest BCUT2D eigenvalue weighted by Gasteiger charge is -2.37. The van der Waals surface area contributed by atoms with Crippen molar-refractivity contribution in [2.45, 2.75) is 30.7 Å². The van der Waals surface area contributed by atoms with Gasteiger partial charge in [0.2, 0.25) is 0 Å². The van der Waals surface area contributed by atoms with E-state index in [1.807, 2.05) is 22.6 Å². The molecule has 1 saturated heterocycles. The molecule has 0 amide bonds. The lowest BCUT2D eigenvalue weighted by molar-refractivity contribution is -0.275. The largest absolute Gasteiger partial charge is 0.388 e. The standard InChI is InChI=1S/C6H11IO5/c7-1-2-3(8)4(9)5(10)6(11)12-2/h2-6,8-11H,1H2/t2-,3?,4-,5-,6?/m0/s1. The Morgan fingerprint density at radius 2 is 1.58 bits per heavy atom. The Kier molecular flexibility index (Phi) is 3.68. The van der Waals surface area contributed by atoms with Crippen molar-refractivity contribution < 1.29 is 25.2 Å². The van der Waals surface area contributed by atoms with Gasteiger partial charge in [-0.15, -0.1) is 0 Å². The first-order chi connectivity index (χ1) is 5.57. The highest BCUT2D eigenvalue weighted by molar-refractivity contribution is 14.1. The molecule has 2 unspecified atom stereocenters. The van der Waals surface area contributed by atoms with Crippen LogP contribution in [0.25, 0.3) is 0 Å². The fraction of sp³-hybridized carbons (Fsp3) is 1.00. The molecular weight excluding hydrogens is 279 g/mol. The van der Waals surface area contributed by atoms with Gasteiger partial charge < -0.3 is 25.2 Å². The summed E-state index contributed by atoms with van der Waals surface area (Å²) in [5.74, 6) is 0. The average molecular weight is 290 g/mol. The topological polar surface area (TPSA) is 90.2 Å². The van der Waals surface area contributed by atoms with E-state index in [-0.39, 0.29) is 0 Å². The minimum atomic E-state index is -1.43. The second-order valence-corrected chi connectivity index (χ2v) is 3.57. The Hall–Kier alpha value is 0.530. The van der Waals surface area contributed by atoms with E-state index in [1.165, 1.54) is 0 Å². The van der Waals surface area contributed by atoms with Crippen LogP contribution < -0.4 is 0 Å². The van der Waals surface area contributed by atoms with Crippen molar-refractivity contribution in [3.05, 3.63) is 0 Å². The van der Waals surface area contributed by atoms with Crippen molar-refractivity contribution in [1.29, 1.82) is 0 Å². The Morgan fingerprint density at radius 3 is 2.08 bits per heavy atom. The molecular formula is C6H11IO5. The summed E-state index contributed by atoms with van der Waals surface area (Å²) in [7, 11) is 0. The average Bonchev–Trinajstić information content (AvgIpc) is 2.08. The summed E-state index contributed by atoms with van der Waals surface area (Å²) in [6.07, 6.45) is -5.95. The maximum Gasteiger partial charge on any atom is 0.183 e. The summed E-state index contributed by atoms with van der Waals surface area (Å²) >= 11 is 1.96. The summed E-state index contributed by atoms with van der Waals surface area (Å²) in [5.41, 5.74) is 0. The maximum absolute atomic E-state index is 9.27. The molecule has 0 radical (unpaired) electrons. The zero-order valence-electron chi connectivity index (χ0n) is 6.17. The molecule has 12 heavy (non-hydrogen) atoms. The lowest BCUT2D eigenvalue weighted by atomic mass is 10.0. The molecule has 5 atom stereocenters. The van der Waals surface area contributed by atoms with Gasteiger partial charge in [-0.05, 0) is 0 Å². The number of rotatable bonds is 1. The van der Waals surface area contributed by atoms with Gasteiger partial charge in [-0.1, -0.05) is 22.6 Å². The van der Waals surface area contributed by atoms with E-state index >= 15 is 0 Å². The van der Waals surface area contributed by atoms with Crippen LogP contribution in [-0.2, 0) is 4.74 Å². The molecule has 0 aromatic carbocycles. The van der Waals surface area contributed by atoms with Crippen LogP contribution in [0.3, 0.4) is 0 Å². The molecule has 0 aromatic heterocycles. The summed E-state index contributed by atoms with van der Waals surface area (Å²) in [4.78, 5) is 0. The first-order valence-corrected chi connectivity index (χ1v) is 5.04. The first kappa shape index (κ1) is 10.6. The highest BCUT2D eigenvalue weighted by Gasteiger charge is 2.42. The van der Waals surface area contributed by atoms with Gasteiger partial charge in [-0.2, -0.15) is 0 Å². The van der Waals surface area contributed by atoms with Crippen LogP contribution in [0.4, 0.5) is 0 Å². The molecule has 0 bridgehead atoms. The third kappa shape index (κ3) is 1.88. The predicted molar refractivity (Wildman–Crippen MR) is 47.8 cm³/mol. The van der Waals surface area contributed by atoms with E-state index in [0.717, 1.165) is 0 Å². The van der Waals surface area contributed by atoms with E-state index in [4.69, 9.17) is 14.9 Å². The van der Waals surface area contributed by atoms with Crippen molar-refractivity contribution in [2.24, 2.45) is 0 Å². The Balaban J connectivity index is 2.63. The molecule has 1 rings (SSSR count). The van der Waals surface area contributed by atoms with Crippen LogP contribution in [0, 0.1) is 0 Å². The van der Waals surface area contributed by atoms with Crippen molar-refractivity contribution >= 4 is 22.6 Å². The molecule has 0 spiro atoms. The Bertz CT molecular complexity index is 150.